The molecule has 18 heavy (non-hydrogen) atoms. The molecule has 7 nitrogen and oxygen atoms in total. The van der Waals surface area contributed by atoms with Gasteiger partial charge in [-0.1, -0.05) is 12.1 Å². The van der Waals surface area contributed by atoms with Crippen molar-refractivity contribution in [3.8, 4) is 0 Å². The van der Waals surface area contributed by atoms with Crippen LogP contribution in [0.25, 0.3) is 0 Å². The molecule has 1 aromatic heterocycles. The summed E-state index contributed by atoms with van der Waals surface area (Å²) in [5.74, 6) is -0.498. The smallest absolute Gasteiger partial charge is 0.323 e. The summed E-state index contributed by atoms with van der Waals surface area (Å²) < 4.78 is 4.94. The molecule has 2 amide bonds. The van der Waals surface area contributed by atoms with Gasteiger partial charge in [-0.3, -0.25) is 4.79 Å². The van der Waals surface area contributed by atoms with E-state index in [9.17, 15) is 9.59 Å². The molecule has 0 radical (unpaired) electrons. The highest BCUT2D eigenvalue weighted by atomic mass is 16.5. The Morgan fingerprint density at radius 2 is 2.28 bits per heavy atom. The minimum absolute atomic E-state index is 0.194. The zero-order valence-corrected chi connectivity index (χ0v) is 10.5. The van der Waals surface area contributed by atoms with E-state index in [0.717, 1.165) is 5.69 Å². The van der Waals surface area contributed by atoms with Crippen molar-refractivity contribution in [1.29, 1.82) is 0 Å². The van der Waals surface area contributed by atoms with E-state index >= 15 is 0 Å². The van der Waals surface area contributed by atoms with Crippen molar-refractivity contribution in [2.24, 2.45) is 0 Å². The molecule has 0 aliphatic heterocycles. The van der Waals surface area contributed by atoms with Crippen LogP contribution in [0.4, 0.5) is 4.79 Å². The number of carboxylic acid groups (broad SMARTS) is 1. The van der Waals surface area contributed by atoms with Crippen molar-refractivity contribution < 1.29 is 19.2 Å². The fourth-order valence-corrected chi connectivity index (χ4v) is 1.46. The van der Waals surface area contributed by atoms with Gasteiger partial charge in [-0.2, -0.15) is 0 Å². The van der Waals surface area contributed by atoms with E-state index in [2.05, 4.69) is 10.5 Å². The van der Waals surface area contributed by atoms with E-state index in [1.54, 1.807) is 13.0 Å². The van der Waals surface area contributed by atoms with Gasteiger partial charge in [-0.15, -0.1) is 0 Å². The predicted octanol–water partition coefficient (Wildman–Crippen LogP) is 0.989. The monoisotopic (exact) mass is 255 g/mol. The highest BCUT2D eigenvalue weighted by molar-refractivity contribution is 5.79. The Hall–Kier alpha value is -2.05. The molecule has 0 aliphatic carbocycles. The lowest BCUT2D eigenvalue weighted by molar-refractivity contribution is -0.137. The van der Waals surface area contributed by atoms with Crippen molar-refractivity contribution in [2.75, 3.05) is 13.1 Å². The summed E-state index contributed by atoms with van der Waals surface area (Å²) in [6.45, 7) is 3.94. The van der Waals surface area contributed by atoms with Gasteiger partial charge in [0.15, 0.2) is 5.76 Å². The third-order valence-corrected chi connectivity index (χ3v) is 2.20. The molecule has 0 saturated heterocycles. The lowest BCUT2D eigenvalue weighted by Crippen LogP contribution is -2.42. The third kappa shape index (κ3) is 4.44. The number of hydrogen-bond acceptors (Lipinski definition) is 4. The van der Waals surface area contributed by atoms with Crippen LogP contribution < -0.4 is 5.32 Å². The van der Waals surface area contributed by atoms with Gasteiger partial charge in [0.25, 0.3) is 0 Å². The van der Waals surface area contributed by atoms with Gasteiger partial charge in [0.1, 0.15) is 6.54 Å². The molecule has 100 valence electrons. The number of urea groups is 1. The van der Waals surface area contributed by atoms with Gasteiger partial charge in [0.2, 0.25) is 0 Å². The van der Waals surface area contributed by atoms with Crippen LogP contribution >= 0.6 is 0 Å². The summed E-state index contributed by atoms with van der Waals surface area (Å²) in [5, 5.41) is 15.0. The molecule has 0 aliphatic rings. The highest BCUT2D eigenvalue weighted by Crippen LogP contribution is 2.02. The van der Waals surface area contributed by atoms with Crippen LogP contribution in [-0.4, -0.2) is 40.3 Å². The molecular weight excluding hydrogens is 238 g/mol. The Balaban J connectivity index is 2.48. The van der Waals surface area contributed by atoms with E-state index in [0.29, 0.717) is 18.7 Å². The molecule has 1 heterocycles. The van der Waals surface area contributed by atoms with Gasteiger partial charge in [0, 0.05) is 12.6 Å². The summed E-state index contributed by atoms with van der Waals surface area (Å²) in [6, 6.07) is 1.29. The van der Waals surface area contributed by atoms with Gasteiger partial charge in [0.05, 0.1) is 12.2 Å². The maximum atomic E-state index is 11.7. The molecule has 0 saturated carbocycles. The maximum absolute atomic E-state index is 11.7. The molecule has 7 heteroatoms. The third-order valence-electron chi connectivity index (χ3n) is 2.20. The van der Waals surface area contributed by atoms with Gasteiger partial charge >= 0.3 is 12.0 Å². The summed E-state index contributed by atoms with van der Waals surface area (Å²) in [4.78, 5) is 23.6. The number of carbonyl (C=O) groups excluding carboxylic acids is 1. The van der Waals surface area contributed by atoms with E-state index in [-0.39, 0.29) is 13.1 Å². The Labute approximate surface area is 105 Å². The zero-order valence-electron chi connectivity index (χ0n) is 10.5. The van der Waals surface area contributed by atoms with Crippen molar-refractivity contribution in [3.05, 3.63) is 17.5 Å². The fourth-order valence-electron chi connectivity index (χ4n) is 1.46. The minimum Gasteiger partial charge on any atom is -0.480 e. The molecule has 0 fully saturated rings. The standard InChI is InChI=1S/C11H17N3O4/c1-3-4-14(7-10(15)16)11(17)12-6-9-5-8(2)13-18-9/h5H,3-4,6-7H2,1-2H3,(H,12,17)(H,15,16). The van der Waals surface area contributed by atoms with Crippen LogP contribution in [0.15, 0.2) is 10.6 Å². The van der Waals surface area contributed by atoms with Gasteiger partial charge in [-0.05, 0) is 13.3 Å². The van der Waals surface area contributed by atoms with Crippen molar-refractivity contribution in [1.82, 2.24) is 15.4 Å². The van der Waals surface area contributed by atoms with Crippen LogP contribution in [0.3, 0.4) is 0 Å². The largest absolute Gasteiger partial charge is 0.480 e. The number of amides is 2. The SMILES string of the molecule is CCCN(CC(=O)O)C(=O)NCc1cc(C)no1. The van der Waals surface area contributed by atoms with Crippen LogP contribution in [0, 0.1) is 6.92 Å². The molecule has 0 aromatic carbocycles. The number of nitrogens with zero attached hydrogens (tertiary/aromatic N) is 2. The number of carbonyl (C=O) groups is 2. The summed E-state index contributed by atoms with van der Waals surface area (Å²) in [5.41, 5.74) is 0.732. The number of nitrogens with one attached hydrogen (secondary N) is 1. The van der Waals surface area contributed by atoms with Crippen LogP contribution in [0.1, 0.15) is 24.8 Å². The molecule has 0 atom stereocenters. The first kappa shape index (κ1) is 14.0. The van der Waals surface area contributed by atoms with Crippen molar-refractivity contribution in [2.45, 2.75) is 26.8 Å². The predicted molar refractivity (Wildman–Crippen MR) is 63.0 cm³/mol. The van der Waals surface area contributed by atoms with E-state index in [4.69, 9.17) is 9.63 Å². The second-order valence-electron chi connectivity index (χ2n) is 3.91. The molecule has 1 aromatic rings. The Morgan fingerprint density at radius 3 is 2.78 bits per heavy atom. The summed E-state index contributed by atoms with van der Waals surface area (Å²) in [6.07, 6.45) is 0.697. The lowest BCUT2D eigenvalue weighted by atomic mass is 10.4. The van der Waals surface area contributed by atoms with E-state index in [1.165, 1.54) is 4.90 Å². The van der Waals surface area contributed by atoms with Crippen LogP contribution in [0.5, 0.6) is 0 Å². The number of carboxylic acids is 1. The van der Waals surface area contributed by atoms with E-state index < -0.39 is 12.0 Å². The number of aryl methyl sites for hydroxylation is 1. The Bertz CT molecular complexity index is 416. The second kappa shape index (κ2) is 6.63. The van der Waals surface area contributed by atoms with Crippen LogP contribution in [0.2, 0.25) is 0 Å². The lowest BCUT2D eigenvalue weighted by Gasteiger charge is -2.19. The summed E-state index contributed by atoms with van der Waals surface area (Å²) in [7, 11) is 0. The zero-order chi connectivity index (χ0) is 13.5. The molecule has 0 unspecified atom stereocenters. The quantitative estimate of drug-likeness (QED) is 0.790. The molecule has 0 spiro atoms. The maximum Gasteiger partial charge on any atom is 0.323 e. The summed E-state index contributed by atoms with van der Waals surface area (Å²) >= 11 is 0. The second-order valence-corrected chi connectivity index (χ2v) is 3.91. The normalized spacial score (nSPS) is 10.1. The Morgan fingerprint density at radius 1 is 1.56 bits per heavy atom. The number of hydrogen-bond donors (Lipinski definition) is 2. The number of rotatable bonds is 6. The van der Waals surface area contributed by atoms with Crippen LogP contribution in [-0.2, 0) is 11.3 Å². The van der Waals surface area contributed by atoms with Crippen molar-refractivity contribution >= 4 is 12.0 Å². The number of aliphatic carboxylic acids is 1. The first-order valence-corrected chi connectivity index (χ1v) is 5.69. The molecular formula is C11H17N3O4. The van der Waals surface area contributed by atoms with E-state index in [1.807, 2.05) is 6.92 Å². The minimum atomic E-state index is -1.03. The van der Waals surface area contributed by atoms with Gasteiger partial charge < -0.3 is 19.8 Å². The average molecular weight is 255 g/mol. The highest BCUT2D eigenvalue weighted by Gasteiger charge is 2.15. The first-order valence-electron chi connectivity index (χ1n) is 5.69. The van der Waals surface area contributed by atoms with Crippen molar-refractivity contribution in [3.63, 3.8) is 0 Å². The Kier molecular flexibility index (Phi) is 5.16. The fraction of sp³-hybridized carbons (Fsp3) is 0.545. The molecule has 2 N–H and O–H groups in total. The average Bonchev–Trinajstić information content (AvgIpc) is 2.71. The van der Waals surface area contributed by atoms with Gasteiger partial charge in [-0.25, -0.2) is 4.79 Å². The molecule has 1 rings (SSSR count). The first-order chi connectivity index (χ1) is 8.52. The topological polar surface area (TPSA) is 95.7 Å². The molecule has 0 bridgehead atoms. The number of aromatic nitrogens is 1.